The summed E-state index contributed by atoms with van der Waals surface area (Å²) in [6.07, 6.45) is 2.35. The first-order chi connectivity index (χ1) is 13.7. The molecule has 3 aromatic rings. The molecule has 5 nitrogen and oxygen atoms in total. The highest BCUT2D eigenvalue weighted by Crippen LogP contribution is 2.19. The van der Waals surface area contributed by atoms with Gasteiger partial charge in [0.15, 0.2) is 5.96 Å². The molecule has 0 saturated carbocycles. The summed E-state index contributed by atoms with van der Waals surface area (Å²) in [5.74, 6) is 1.41. The highest BCUT2D eigenvalue weighted by molar-refractivity contribution is 7.07. The predicted octanol–water partition coefficient (Wildman–Crippen LogP) is 4.44. The highest BCUT2D eigenvalue weighted by atomic mass is 32.1. The zero-order valence-corrected chi connectivity index (χ0v) is 16.9. The van der Waals surface area contributed by atoms with Gasteiger partial charge in [0.1, 0.15) is 12.1 Å². The van der Waals surface area contributed by atoms with Gasteiger partial charge in [0.25, 0.3) is 0 Å². The first-order valence-electron chi connectivity index (χ1n) is 9.40. The van der Waals surface area contributed by atoms with Crippen LogP contribution in [-0.2, 0) is 6.42 Å². The van der Waals surface area contributed by atoms with Gasteiger partial charge < -0.3 is 15.1 Å². The molecule has 28 heavy (non-hydrogen) atoms. The van der Waals surface area contributed by atoms with Crippen molar-refractivity contribution in [1.82, 2.24) is 15.6 Å². The number of aromatic nitrogens is 1. The van der Waals surface area contributed by atoms with Crippen LogP contribution in [0.15, 0.2) is 56.8 Å². The summed E-state index contributed by atoms with van der Waals surface area (Å²) >= 11 is 1.71. The number of hydrogen-bond donors (Lipinski definition) is 2. The third-order valence-corrected chi connectivity index (χ3v) is 5.00. The number of hydrogen-bond acceptors (Lipinski definition) is 4. The maximum Gasteiger partial charge on any atom is 0.226 e. The predicted molar refractivity (Wildman–Crippen MR) is 112 cm³/mol. The third-order valence-electron chi connectivity index (χ3n) is 4.30. The van der Waals surface area contributed by atoms with Crippen LogP contribution in [0.25, 0.3) is 11.5 Å². The second-order valence-electron chi connectivity index (χ2n) is 6.51. The van der Waals surface area contributed by atoms with Crippen LogP contribution in [0.4, 0.5) is 4.39 Å². The van der Waals surface area contributed by atoms with Crippen LogP contribution in [-0.4, -0.2) is 30.6 Å². The van der Waals surface area contributed by atoms with Crippen LogP contribution in [0.3, 0.4) is 0 Å². The number of thiophene rings is 1. The van der Waals surface area contributed by atoms with Crippen molar-refractivity contribution >= 4 is 17.3 Å². The van der Waals surface area contributed by atoms with Gasteiger partial charge in [-0.05, 0) is 53.6 Å². The average Bonchev–Trinajstić information content (AvgIpc) is 3.39. The molecule has 1 aromatic carbocycles. The Kier molecular flexibility index (Phi) is 7.19. The molecule has 2 aromatic heterocycles. The van der Waals surface area contributed by atoms with Gasteiger partial charge >= 0.3 is 0 Å². The minimum atomic E-state index is -0.275. The average molecular weight is 401 g/mol. The standard InChI is InChI=1S/C21H25FN4OS/c1-3-23-21(25-12-15(2)17-9-11-28-14-17)24-10-8-19-13-27-20(26-19)16-4-6-18(22)7-5-16/h4-7,9,11,13-15H,3,8,10,12H2,1-2H3,(H2,23,24,25). The van der Waals surface area contributed by atoms with E-state index in [0.717, 1.165) is 30.3 Å². The van der Waals surface area contributed by atoms with E-state index in [9.17, 15) is 4.39 Å². The summed E-state index contributed by atoms with van der Waals surface area (Å²) in [6, 6.07) is 8.27. The summed E-state index contributed by atoms with van der Waals surface area (Å²) in [7, 11) is 0. The van der Waals surface area contributed by atoms with Gasteiger partial charge in [-0.25, -0.2) is 9.37 Å². The zero-order chi connectivity index (χ0) is 19.8. The lowest BCUT2D eigenvalue weighted by Gasteiger charge is -2.12. The number of aliphatic imine (C=N–C) groups is 1. The summed E-state index contributed by atoms with van der Waals surface area (Å²) in [5, 5.41) is 10.9. The lowest BCUT2D eigenvalue weighted by molar-refractivity contribution is 0.571. The largest absolute Gasteiger partial charge is 0.444 e. The number of benzene rings is 1. The molecule has 0 spiro atoms. The van der Waals surface area contributed by atoms with Gasteiger partial charge in [-0.3, -0.25) is 4.99 Å². The van der Waals surface area contributed by atoms with Crippen LogP contribution in [0.5, 0.6) is 0 Å². The number of rotatable bonds is 8. The van der Waals surface area contributed by atoms with Crippen molar-refractivity contribution in [2.45, 2.75) is 26.2 Å². The molecule has 0 aliphatic rings. The maximum atomic E-state index is 13.0. The van der Waals surface area contributed by atoms with Gasteiger partial charge in [0, 0.05) is 37.5 Å². The Morgan fingerprint density at radius 3 is 2.79 bits per heavy atom. The maximum absolute atomic E-state index is 13.0. The third kappa shape index (κ3) is 5.66. The van der Waals surface area contributed by atoms with E-state index in [0.29, 0.717) is 24.8 Å². The molecule has 2 heterocycles. The van der Waals surface area contributed by atoms with E-state index in [1.54, 1.807) is 29.7 Å². The molecule has 0 saturated heterocycles. The number of halogens is 1. The Morgan fingerprint density at radius 2 is 2.07 bits per heavy atom. The van der Waals surface area contributed by atoms with Gasteiger partial charge in [-0.2, -0.15) is 11.3 Å². The molecule has 0 fully saturated rings. The van der Waals surface area contributed by atoms with Crippen molar-refractivity contribution in [3.63, 3.8) is 0 Å². The van der Waals surface area contributed by atoms with Crippen molar-refractivity contribution in [3.05, 3.63) is 64.4 Å². The number of nitrogens with one attached hydrogen (secondary N) is 2. The van der Waals surface area contributed by atoms with Crippen LogP contribution in [0, 0.1) is 5.82 Å². The smallest absolute Gasteiger partial charge is 0.226 e. The second-order valence-corrected chi connectivity index (χ2v) is 7.29. The number of guanidine groups is 1. The summed E-state index contributed by atoms with van der Waals surface area (Å²) in [5.41, 5.74) is 2.92. The van der Waals surface area contributed by atoms with Crippen LogP contribution in [0.2, 0.25) is 0 Å². The summed E-state index contributed by atoms with van der Waals surface area (Å²) < 4.78 is 18.5. The molecule has 1 unspecified atom stereocenters. The molecule has 7 heteroatoms. The highest BCUT2D eigenvalue weighted by Gasteiger charge is 2.08. The molecule has 0 radical (unpaired) electrons. The lowest BCUT2D eigenvalue weighted by Crippen LogP contribution is -2.38. The Hall–Kier alpha value is -2.67. The lowest BCUT2D eigenvalue weighted by atomic mass is 10.1. The second kappa shape index (κ2) is 10.0. The van der Waals surface area contributed by atoms with E-state index in [2.05, 4.69) is 44.4 Å². The van der Waals surface area contributed by atoms with Gasteiger partial charge in [0.05, 0.1) is 5.69 Å². The van der Waals surface area contributed by atoms with Gasteiger partial charge in [0.2, 0.25) is 5.89 Å². The Labute approximate surface area is 168 Å². The van der Waals surface area contributed by atoms with Crippen LogP contribution in [0.1, 0.15) is 31.0 Å². The van der Waals surface area contributed by atoms with E-state index >= 15 is 0 Å². The molecule has 0 aliphatic heterocycles. The minimum Gasteiger partial charge on any atom is -0.444 e. The molecular weight excluding hydrogens is 375 g/mol. The van der Waals surface area contributed by atoms with Crippen LogP contribution >= 0.6 is 11.3 Å². The molecule has 0 bridgehead atoms. The van der Waals surface area contributed by atoms with Crippen molar-refractivity contribution in [2.75, 3.05) is 19.6 Å². The summed E-state index contributed by atoms with van der Waals surface area (Å²) in [4.78, 5) is 9.15. The van der Waals surface area contributed by atoms with Crippen LogP contribution < -0.4 is 10.6 Å². The van der Waals surface area contributed by atoms with Crippen molar-refractivity contribution in [3.8, 4) is 11.5 Å². The SMILES string of the molecule is CCNC(=NCC(C)c1ccsc1)NCCc1coc(-c2ccc(F)cc2)n1. The molecule has 0 aliphatic carbocycles. The van der Waals surface area contributed by atoms with E-state index in [4.69, 9.17) is 4.42 Å². The number of nitrogens with zero attached hydrogens (tertiary/aromatic N) is 2. The molecular formula is C21H25FN4OS. The fourth-order valence-electron chi connectivity index (χ4n) is 2.69. The van der Waals surface area contributed by atoms with E-state index in [1.165, 1.54) is 17.7 Å². The Morgan fingerprint density at radius 1 is 1.25 bits per heavy atom. The van der Waals surface area contributed by atoms with Crippen molar-refractivity contribution in [2.24, 2.45) is 4.99 Å². The van der Waals surface area contributed by atoms with Gasteiger partial charge in [-0.1, -0.05) is 6.92 Å². The molecule has 2 N–H and O–H groups in total. The van der Waals surface area contributed by atoms with E-state index in [1.807, 2.05) is 6.92 Å². The Balaban J connectivity index is 1.51. The van der Waals surface area contributed by atoms with Crippen molar-refractivity contribution in [1.29, 1.82) is 0 Å². The van der Waals surface area contributed by atoms with E-state index < -0.39 is 0 Å². The first-order valence-corrected chi connectivity index (χ1v) is 10.3. The molecule has 148 valence electrons. The van der Waals surface area contributed by atoms with E-state index in [-0.39, 0.29) is 5.82 Å². The van der Waals surface area contributed by atoms with Gasteiger partial charge in [-0.15, -0.1) is 0 Å². The Bertz CT molecular complexity index is 874. The topological polar surface area (TPSA) is 62.5 Å². The van der Waals surface area contributed by atoms with Crippen molar-refractivity contribution < 1.29 is 8.81 Å². The zero-order valence-electron chi connectivity index (χ0n) is 16.1. The monoisotopic (exact) mass is 400 g/mol. The fourth-order valence-corrected chi connectivity index (χ4v) is 3.47. The fraction of sp³-hybridized carbons (Fsp3) is 0.333. The minimum absolute atomic E-state index is 0.275. The first kappa shape index (κ1) is 20.1. The quantitative estimate of drug-likeness (QED) is 0.433. The molecule has 1 atom stereocenters. The molecule has 3 rings (SSSR count). The normalized spacial score (nSPS) is 12.8. The summed E-state index contributed by atoms with van der Waals surface area (Å²) in [6.45, 7) is 6.45. The molecule has 0 amide bonds. The number of oxazole rings is 1.